The number of nitrogens with zero attached hydrogens (tertiary/aromatic N) is 4. The topological polar surface area (TPSA) is 98.3 Å². The van der Waals surface area contributed by atoms with Crippen LogP contribution in [0.25, 0.3) is 11.4 Å². The Balaban J connectivity index is 1.33. The number of aromatic nitrogens is 3. The summed E-state index contributed by atoms with van der Waals surface area (Å²) in [7, 11) is 0. The molecule has 168 valence electrons. The third-order valence-electron chi connectivity index (χ3n) is 6.39. The SMILES string of the molecule is Cc1ccc(-c2nnc(SCC(=O)NCC3(N4CCOCC4)CCCCC3)n2N)cc1. The lowest BCUT2D eigenvalue weighted by Gasteiger charge is -2.48. The van der Waals surface area contributed by atoms with E-state index in [2.05, 4.69) is 20.4 Å². The Kier molecular flexibility index (Phi) is 7.14. The molecule has 0 bridgehead atoms. The molecule has 1 aliphatic heterocycles. The Bertz CT molecular complexity index is 873. The minimum Gasteiger partial charge on any atom is -0.379 e. The average molecular weight is 445 g/mol. The molecular formula is C22H32N6O2S. The summed E-state index contributed by atoms with van der Waals surface area (Å²) in [5.41, 5.74) is 2.14. The molecule has 1 saturated heterocycles. The number of nitrogens with two attached hydrogens (primary N) is 1. The maximum Gasteiger partial charge on any atom is 0.230 e. The molecule has 0 unspecified atom stereocenters. The van der Waals surface area contributed by atoms with Crippen molar-refractivity contribution in [3.63, 3.8) is 0 Å². The number of rotatable bonds is 7. The second-order valence-electron chi connectivity index (χ2n) is 8.49. The molecule has 0 spiro atoms. The van der Waals surface area contributed by atoms with Crippen molar-refractivity contribution in [3.05, 3.63) is 29.8 Å². The van der Waals surface area contributed by atoms with Crippen molar-refractivity contribution in [2.75, 3.05) is 44.4 Å². The molecule has 9 heteroatoms. The van der Waals surface area contributed by atoms with Crippen molar-refractivity contribution < 1.29 is 9.53 Å². The van der Waals surface area contributed by atoms with Crippen LogP contribution < -0.4 is 11.2 Å². The van der Waals surface area contributed by atoms with Crippen LogP contribution in [0.15, 0.2) is 29.4 Å². The zero-order valence-electron chi connectivity index (χ0n) is 18.2. The highest BCUT2D eigenvalue weighted by Crippen LogP contribution is 2.34. The minimum absolute atomic E-state index is 0.00286. The molecule has 0 radical (unpaired) electrons. The fourth-order valence-corrected chi connectivity index (χ4v) is 5.26. The van der Waals surface area contributed by atoms with E-state index < -0.39 is 0 Å². The summed E-state index contributed by atoms with van der Waals surface area (Å²) < 4.78 is 7.00. The number of amides is 1. The molecule has 2 heterocycles. The van der Waals surface area contributed by atoms with E-state index in [-0.39, 0.29) is 17.2 Å². The molecule has 8 nitrogen and oxygen atoms in total. The summed E-state index contributed by atoms with van der Waals surface area (Å²) in [5, 5.41) is 12.1. The van der Waals surface area contributed by atoms with Gasteiger partial charge in [0, 0.05) is 30.7 Å². The summed E-state index contributed by atoms with van der Waals surface area (Å²) >= 11 is 1.31. The Morgan fingerprint density at radius 2 is 1.87 bits per heavy atom. The number of carbonyl (C=O) groups excluding carboxylic acids is 1. The average Bonchev–Trinajstić information content (AvgIpc) is 3.18. The molecule has 1 aromatic heterocycles. The number of thioether (sulfide) groups is 1. The van der Waals surface area contributed by atoms with Crippen LogP contribution in [0.2, 0.25) is 0 Å². The molecular weight excluding hydrogens is 412 g/mol. The standard InChI is InChI=1S/C22H32N6O2S/c1-17-5-7-18(8-6-17)20-25-26-21(28(20)23)31-15-19(29)24-16-22(9-3-2-4-10-22)27-11-13-30-14-12-27/h5-8H,2-4,9-16,23H2,1H3,(H,24,29). The molecule has 1 aliphatic carbocycles. The Labute approximate surface area is 187 Å². The number of hydrogen-bond acceptors (Lipinski definition) is 7. The number of benzene rings is 1. The number of morpholine rings is 1. The first-order valence-corrected chi connectivity index (χ1v) is 12.1. The van der Waals surface area contributed by atoms with E-state index in [0.29, 0.717) is 17.5 Å². The zero-order chi connectivity index (χ0) is 21.7. The lowest BCUT2D eigenvalue weighted by molar-refractivity contribution is -0.119. The van der Waals surface area contributed by atoms with Gasteiger partial charge in [0.25, 0.3) is 0 Å². The molecule has 1 saturated carbocycles. The largest absolute Gasteiger partial charge is 0.379 e. The number of ether oxygens (including phenoxy) is 1. The van der Waals surface area contributed by atoms with Crippen molar-refractivity contribution in [1.29, 1.82) is 0 Å². The summed E-state index contributed by atoms with van der Waals surface area (Å²) in [6.07, 6.45) is 6.00. The van der Waals surface area contributed by atoms with E-state index in [1.54, 1.807) is 0 Å². The number of aryl methyl sites for hydroxylation is 1. The van der Waals surface area contributed by atoms with Gasteiger partial charge in [-0.05, 0) is 19.8 Å². The van der Waals surface area contributed by atoms with Crippen LogP contribution in [-0.4, -0.2) is 69.8 Å². The van der Waals surface area contributed by atoms with E-state index in [1.165, 1.54) is 41.3 Å². The molecule has 3 N–H and O–H groups in total. The normalized spacial score (nSPS) is 19.3. The molecule has 2 aromatic rings. The van der Waals surface area contributed by atoms with Gasteiger partial charge in [-0.25, -0.2) is 4.68 Å². The van der Waals surface area contributed by atoms with E-state index >= 15 is 0 Å². The highest BCUT2D eigenvalue weighted by atomic mass is 32.2. The van der Waals surface area contributed by atoms with Gasteiger partial charge in [-0.3, -0.25) is 9.69 Å². The lowest BCUT2D eigenvalue weighted by atomic mass is 9.79. The monoisotopic (exact) mass is 444 g/mol. The van der Waals surface area contributed by atoms with Crippen LogP contribution in [-0.2, 0) is 9.53 Å². The van der Waals surface area contributed by atoms with Crippen LogP contribution in [0.4, 0.5) is 0 Å². The van der Waals surface area contributed by atoms with Crippen LogP contribution in [0.1, 0.15) is 37.7 Å². The predicted molar refractivity (Wildman–Crippen MR) is 122 cm³/mol. The van der Waals surface area contributed by atoms with Gasteiger partial charge in [0.1, 0.15) is 0 Å². The minimum atomic E-state index is 0.00286. The maximum absolute atomic E-state index is 12.6. The van der Waals surface area contributed by atoms with Crippen LogP contribution in [0, 0.1) is 6.92 Å². The summed E-state index contributed by atoms with van der Waals surface area (Å²) in [5.74, 6) is 7.05. The number of hydrogen-bond donors (Lipinski definition) is 2. The molecule has 0 atom stereocenters. The fraction of sp³-hybridized carbons (Fsp3) is 0.591. The maximum atomic E-state index is 12.6. The third-order valence-corrected chi connectivity index (χ3v) is 7.33. The molecule has 31 heavy (non-hydrogen) atoms. The highest BCUT2D eigenvalue weighted by Gasteiger charge is 2.38. The molecule has 2 fully saturated rings. The molecule has 1 aromatic carbocycles. The molecule has 1 amide bonds. The van der Waals surface area contributed by atoms with Gasteiger partial charge in [0.2, 0.25) is 11.1 Å². The van der Waals surface area contributed by atoms with Crippen LogP contribution in [0.5, 0.6) is 0 Å². The Morgan fingerprint density at radius 3 is 2.58 bits per heavy atom. The third kappa shape index (κ3) is 5.22. The van der Waals surface area contributed by atoms with Gasteiger partial charge in [-0.2, -0.15) is 0 Å². The van der Waals surface area contributed by atoms with Gasteiger partial charge >= 0.3 is 0 Å². The molecule has 4 rings (SSSR count). The highest BCUT2D eigenvalue weighted by molar-refractivity contribution is 7.99. The van der Waals surface area contributed by atoms with Gasteiger partial charge in [-0.15, -0.1) is 10.2 Å². The van der Waals surface area contributed by atoms with Crippen molar-refractivity contribution in [2.24, 2.45) is 0 Å². The Hall–Kier alpha value is -2.10. The quantitative estimate of drug-likeness (QED) is 0.499. The van der Waals surface area contributed by atoms with Gasteiger partial charge in [-0.1, -0.05) is 60.9 Å². The van der Waals surface area contributed by atoms with Gasteiger partial charge < -0.3 is 15.9 Å². The molecule has 2 aliphatic rings. The summed E-state index contributed by atoms with van der Waals surface area (Å²) in [6, 6.07) is 7.97. The van der Waals surface area contributed by atoms with Crippen LogP contribution >= 0.6 is 11.8 Å². The van der Waals surface area contributed by atoms with Crippen molar-refractivity contribution in [3.8, 4) is 11.4 Å². The predicted octanol–water partition coefficient (Wildman–Crippen LogP) is 2.21. The second-order valence-corrected chi connectivity index (χ2v) is 9.43. The van der Waals surface area contributed by atoms with Gasteiger partial charge in [0.15, 0.2) is 5.82 Å². The van der Waals surface area contributed by atoms with Gasteiger partial charge in [0.05, 0.1) is 19.0 Å². The van der Waals surface area contributed by atoms with E-state index in [1.807, 2.05) is 31.2 Å². The first-order chi connectivity index (χ1) is 15.1. The number of carbonyl (C=O) groups is 1. The van der Waals surface area contributed by atoms with Crippen molar-refractivity contribution in [2.45, 2.75) is 49.7 Å². The van der Waals surface area contributed by atoms with Crippen molar-refractivity contribution in [1.82, 2.24) is 25.1 Å². The first kappa shape index (κ1) is 22.1. The van der Waals surface area contributed by atoms with E-state index in [9.17, 15) is 4.79 Å². The van der Waals surface area contributed by atoms with E-state index in [4.69, 9.17) is 10.6 Å². The van der Waals surface area contributed by atoms with Crippen LogP contribution in [0.3, 0.4) is 0 Å². The smallest absolute Gasteiger partial charge is 0.230 e. The zero-order valence-corrected chi connectivity index (χ0v) is 19.0. The number of nitrogens with one attached hydrogen (secondary N) is 1. The first-order valence-electron chi connectivity index (χ1n) is 11.1. The lowest BCUT2D eigenvalue weighted by Crippen LogP contribution is -2.59. The number of nitrogen functional groups attached to an aromatic ring is 1. The fourth-order valence-electron chi connectivity index (χ4n) is 4.57. The van der Waals surface area contributed by atoms with Crippen molar-refractivity contribution >= 4 is 17.7 Å². The Morgan fingerprint density at radius 1 is 1.16 bits per heavy atom. The summed E-state index contributed by atoms with van der Waals surface area (Å²) in [4.78, 5) is 15.2. The summed E-state index contributed by atoms with van der Waals surface area (Å²) in [6.45, 7) is 6.18. The van der Waals surface area contributed by atoms with E-state index in [0.717, 1.165) is 44.7 Å². The second kappa shape index (κ2) is 10.0.